The van der Waals surface area contributed by atoms with Crippen LogP contribution < -0.4 is 4.74 Å². The van der Waals surface area contributed by atoms with Crippen molar-refractivity contribution in [2.24, 2.45) is 0 Å². The van der Waals surface area contributed by atoms with Crippen molar-refractivity contribution >= 4 is 33.3 Å². The first-order valence-electron chi connectivity index (χ1n) is 6.10. The van der Waals surface area contributed by atoms with Gasteiger partial charge in [-0.2, -0.15) is 5.26 Å². The lowest BCUT2D eigenvalue weighted by atomic mass is 9.92. The second kappa shape index (κ2) is 6.75. The summed E-state index contributed by atoms with van der Waals surface area (Å²) in [6.07, 6.45) is 0. The molecule has 21 heavy (non-hydrogen) atoms. The van der Waals surface area contributed by atoms with Crippen molar-refractivity contribution in [2.45, 2.75) is 5.92 Å². The summed E-state index contributed by atoms with van der Waals surface area (Å²) in [4.78, 5) is 12.6. The summed E-state index contributed by atoms with van der Waals surface area (Å²) in [7, 11) is 1.54. The number of ether oxygens (including phenoxy) is 1. The second-order valence-corrected chi connectivity index (χ2v) is 5.54. The van der Waals surface area contributed by atoms with Gasteiger partial charge in [-0.1, -0.05) is 29.8 Å². The molecule has 0 radical (unpaired) electrons. The minimum absolute atomic E-state index is 0.311. The van der Waals surface area contributed by atoms with Crippen LogP contribution in [0, 0.1) is 11.3 Å². The van der Waals surface area contributed by atoms with E-state index in [1.807, 2.05) is 6.07 Å². The molecule has 0 aliphatic rings. The molecule has 2 rings (SSSR count). The summed E-state index contributed by atoms with van der Waals surface area (Å²) >= 11 is 9.41. The summed E-state index contributed by atoms with van der Waals surface area (Å²) in [5.41, 5.74) is 0.901. The smallest absolute Gasteiger partial charge is 0.185 e. The average molecular weight is 365 g/mol. The molecule has 0 aliphatic heterocycles. The van der Waals surface area contributed by atoms with Crippen molar-refractivity contribution < 1.29 is 9.53 Å². The Labute approximate surface area is 136 Å². The minimum Gasteiger partial charge on any atom is -0.497 e. The van der Waals surface area contributed by atoms with Crippen LogP contribution in [0.4, 0.5) is 0 Å². The van der Waals surface area contributed by atoms with Crippen LogP contribution in [-0.4, -0.2) is 12.9 Å². The van der Waals surface area contributed by atoms with Crippen LogP contribution in [0.2, 0.25) is 5.02 Å². The van der Waals surface area contributed by atoms with Gasteiger partial charge >= 0.3 is 0 Å². The summed E-state index contributed by atoms with van der Waals surface area (Å²) in [5, 5.41) is 9.68. The molecule has 0 fully saturated rings. The Bertz CT molecular complexity index is 724. The number of carbonyl (C=O) groups excluding carboxylic acids is 1. The van der Waals surface area contributed by atoms with Crippen LogP contribution in [-0.2, 0) is 0 Å². The van der Waals surface area contributed by atoms with E-state index < -0.39 is 5.92 Å². The Morgan fingerprint density at radius 1 is 1.33 bits per heavy atom. The lowest BCUT2D eigenvalue weighted by Crippen LogP contribution is -2.12. The first-order chi connectivity index (χ1) is 10.1. The molecule has 0 heterocycles. The molecule has 1 atom stereocenters. The molecule has 5 heteroatoms. The highest BCUT2D eigenvalue weighted by Crippen LogP contribution is 2.31. The number of hydrogen-bond donors (Lipinski definition) is 0. The molecule has 0 aliphatic carbocycles. The molecule has 0 saturated carbocycles. The normalized spacial score (nSPS) is 11.5. The molecule has 106 valence electrons. The molecule has 1 unspecified atom stereocenters. The van der Waals surface area contributed by atoms with E-state index in [4.69, 9.17) is 16.3 Å². The minimum atomic E-state index is -0.924. The topological polar surface area (TPSA) is 50.1 Å². The Balaban J connectivity index is 2.44. The highest BCUT2D eigenvalue weighted by atomic mass is 79.9. The highest BCUT2D eigenvalue weighted by molar-refractivity contribution is 9.10. The molecule has 3 nitrogen and oxygen atoms in total. The first-order valence-corrected chi connectivity index (χ1v) is 7.27. The number of carbonyl (C=O) groups is 1. The molecule has 0 N–H and O–H groups in total. The summed E-state index contributed by atoms with van der Waals surface area (Å²) in [6.45, 7) is 0. The number of benzene rings is 2. The Hall–Kier alpha value is -1.83. The molecule has 0 aromatic heterocycles. The molecule has 0 spiro atoms. The van der Waals surface area contributed by atoms with Crippen LogP contribution in [0.1, 0.15) is 21.8 Å². The summed E-state index contributed by atoms with van der Waals surface area (Å²) < 4.78 is 5.75. The monoisotopic (exact) mass is 363 g/mol. The predicted molar refractivity (Wildman–Crippen MR) is 84.8 cm³/mol. The summed E-state index contributed by atoms with van der Waals surface area (Å²) in [6, 6.07) is 14.0. The maximum absolute atomic E-state index is 12.6. The van der Waals surface area contributed by atoms with Gasteiger partial charge in [0.05, 0.1) is 18.2 Å². The fraction of sp³-hybridized carbons (Fsp3) is 0.125. The zero-order chi connectivity index (χ0) is 15.4. The molecule has 0 amide bonds. The van der Waals surface area contributed by atoms with Crippen molar-refractivity contribution in [1.29, 1.82) is 5.26 Å². The molecular weight excluding hydrogens is 354 g/mol. The second-order valence-electron chi connectivity index (χ2n) is 4.30. The number of methoxy groups -OCH3 is 1. The van der Waals surface area contributed by atoms with E-state index in [1.165, 1.54) is 7.11 Å². The fourth-order valence-corrected chi connectivity index (χ4v) is 2.54. The SMILES string of the molecule is COc1cccc(C(C#N)C(=O)c2cccc(Br)c2Cl)c1. The van der Waals surface area contributed by atoms with Crippen LogP contribution in [0.15, 0.2) is 46.9 Å². The van der Waals surface area contributed by atoms with E-state index in [-0.39, 0.29) is 5.78 Å². The fourth-order valence-electron chi connectivity index (χ4n) is 1.96. The molecule has 2 aromatic carbocycles. The zero-order valence-electron chi connectivity index (χ0n) is 11.1. The van der Waals surface area contributed by atoms with Gasteiger partial charge < -0.3 is 4.74 Å². The first kappa shape index (κ1) is 15.6. The average Bonchev–Trinajstić information content (AvgIpc) is 2.51. The van der Waals surface area contributed by atoms with Crippen LogP contribution in [0.3, 0.4) is 0 Å². The highest BCUT2D eigenvalue weighted by Gasteiger charge is 2.24. The van der Waals surface area contributed by atoms with Crippen LogP contribution >= 0.6 is 27.5 Å². The number of nitrogens with zero attached hydrogens (tertiary/aromatic N) is 1. The van der Waals surface area contributed by atoms with Gasteiger partial charge in [0.25, 0.3) is 0 Å². The lowest BCUT2D eigenvalue weighted by molar-refractivity contribution is 0.0979. The molecule has 0 saturated heterocycles. The summed E-state index contributed by atoms with van der Waals surface area (Å²) in [5.74, 6) is -0.662. The lowest BCUT2D eigenvalue weighted by Gasteiger charge is -2.11. The number of ketones is 1. The number of Topliss-reactive ketones (excluding diaryl/α,β-unsaturated/α-hetero) is 1. The largest absolute Gasteiger partial charge is 0.497 e. The third-order valence-electron chi connectivity index (χ3n) is 3.04. The Morgan fingerprint density at radius 3 is 2.71 bits per heavy atom. The van der Waals surface area contributed by atoms with Crippen LogP contribution in [0.5, 0.6) is 5.75 Å². The van der Waals surface area contributed by atoms with Gasteiger partial charge in [-0.25, -0.2) is 0 Å². The van der Waals surface area contributed by atoms with Gasteiger partial charge in [-0.15, -0.1) is 0 Å². The van der Waals surface area contributed by atoms with Gasteiger partial charge in [-0.05, 0) is 45.8 Å². The Kier molecular flexibility index (Phi) is 5.00. The number of halogens is 2. The molecule has 0 bridgehead atoms. The van der Waals surface area contributed by atoms with Crippen molar-refractivity contribution in [1.82, 2.24) is 0 Å². The van der Waals surface area contributed by atoms with Gasteiger partial charge in [0.15, 0.2) is 5.78 Å². The van der Waals surface area contributed by atoms with E-state index in [0.29, 0.717) is 26.4 Å². The maximum atomic E-state index is 12.6. The van der Waals surface area contributed by atoms with E-state index in [9.17, 15) is 10.1 Å². The van der Waals surface area contributed by atoms with Gasteiger partial charge in [0.2, 0.25) is 0 Å². The molecule has 2 aromatic rings. The third kappa shape index (κ3) is 3.26. The van der Waals surface area contributed by atoms with Crippen molar-refractivity contribution in [2.75, 3.05) is 7.11 Å². The third-order valence-corrected chi connectivity index (χ3v) is 4.33. The van der Waals surface area contributed by atoms with E-state index in [2.05, 4.69) is 15.9 Å². The van der Waals surface area contributed by atoms with E-state index in [0.717, 1.165) is 0 Å². The van der Waals surface area contributed by atoms with E-state index >= 15 is 0 Å². The predicted octanol–water partition coefficient (Wildman–Crippen LogP) is 4.60. The van der Waals surface area contributed by atoms with Gasteiger partial charge in [0.1, 0.15) is 11.7 Å². The number of hydrogen-bond acceptors (Lipinski definition) is 3. The number of nitriles is 1. The van der Waals surface area contributed by atoms with Crippen LogP contribution in [0.25, 0.3) is 0 Å². The van der Waals surface area contributed by atoms with E-state index in [1.54, 1.807) is 42.5 Å². The van der Waals surface area contributed by atoms with Crippen molar-refractivity contribution in [3.8, 4) is 11.8 Å². The van der Waals surface area contributed by atoms with Gasteiger partial charge in [-0.3, -0.25) is 4.79 Å². The quantitative estimate of drug-likeness (QED) is 0.745. The van der Waals surface area contributed by atoms with Crippen molar-refractivity contribution in [3.63, 3.8) is 0 Å². The van der Waals surface area contributed by atoms with Crippen molar-refractivity contribution in [3.05, 3.63) is 63.1 Å². The Morgan fingerprint density at radius 2 is 2.05 bits per heavy atom. The standard InChI is InChI=1S/C16H11BrClNO2/c1-21-11-5-2-4-10(8-11)13(9-19)16(20)12-6-3-7-14(17)15(12)18/h2-8,13H,1H3. The van der Waals surface area contributed by atoms with Gasteiger partial charge in [0, 0.05) is 10.0 Å². The number of rotatable bonds is 4. The maximum Gasteiger partial charge on any atom is 0.185 e. The zero-order valence-corrected chi connectivity index (χ0v) is 13.5. The molecular formula is C16H11BrClNO2.